The molecule has 0 N–H and O–H groups in total. The second-order valence-electron chi connectivity index (χ2n) is 6.40. The molecule has 0 bridgehead atoms. The minimum Gasteiger partial charge on any atom is -0.364 e. The Morgan fingerprint density at radius 3 is 1.96 bits per heavy atom. The summed E-state index contributed by atoms with van der Waals surface area (Å²) >= 11 is 0. The van der Waals surface area contributed by atoms with E-state index in [1.54, 1.807) is 0 Å². The molecule has 0 unspecified atom stereocenters. The van der Waals surface area contributed by atoms with Crippen molar-refractivity contribution in [1.29, 1.82) is 0 Å². The third-order valence-electron chi connectivity index (χ3n) is 4.92. The van der Waals surface area contributed by atoms with Crippen LogP contribution in [0.5, 0.6) is 0 Å². The van der Waals surface area contributed by atoms with E-state index in [1.165, 1.54) is 37.9 Å². The van der Waals surface area contributed by atoms with Gasteiger partial charge in [-0.25, -0.2) is 0 Å². The third-order valence-corrected chi connectivity index (χ3v) is 4.92. The summed E-state index contributed by atoms with van der Waals surface area (Å²) in [6, 6.07) is 19.7. The van der Waals surface area contributed by atoms with Crippen molar-refractivity contribution in [3.05, 3.63) is 92.0 Å². The number of hydrogen-bond acceptors (Lipinski definition) is 1. The van der Waals surface area contributed by atoms with E-state index in [0.717, 1.165) is 18.8 Å². The smallest absolute Gasteiger partial charge is 0.0378 e. The fourth-order valence-electron chi connectivity index (χ4n) is 3.76. The van der Waals surface area contributed by atoms with Gasteiger partial charge in [-0.05, 0) is 32.3 Å². The van der Waals surface area contributed by atoms with Crippen molar-refractivity contribution in [2.45, 2.75) is 0 Å². The molecule has 4 aromatic carbocycles. The molecule has 0 fully saturated rings. The Bertz CT molecular complexity index is 1080. The van der Waals surface area contributed by atoms with Crippen LogP contribution in [0.4, 0.5) is 0 Å². The summed E-state index contributed by atoms with van der Waals surface area (Å²) in [6.07, 6.45) is 3.81. The maximum Gasteiger partial charge on any atom is 0.0378 e. The predicted octanol–water partition coefficient (Wildman–Crippen LogP) is 6.23. The molecular formula is C24H21N. The third kappa shape index (κ3) is 2.40. The zero-order valence-corrected chi connectivity index (χ0v) is 14.3. The fraction of sp³-hybridized carbons (Fsp3) is 0.0833. The van der Waals surface area contributed by atoms with Crippen molar-refractivity contribution in [3.8, 4) is 0 Å². The molecular weight excluding hydrogens is 302 g/mol. The highest BCUT2D eigenvalue weighted by Gasteiger charge is 2.14. The van der Waals surface area contributed by atoms with Gasteiger partial charge in [0, 0.05) is 24.4 Å². The van der Waals surface area contributed by atoms with Crippen molar-refractivity contribution in [1.82, 2.24) is 4.90 Å². The van der Waals surface area contributed by atoms with Gasteiger partial charge in [-0.15, -0.1) is 13.2 Å². The van der Waals surface area contributed by atoms with Gasteiger partial charge in [-0.3, -0.25) is 0 Å². The predicted molar refractivity (Wildman–Crippen MR) is 111 cm³/mol. The Hall–Kier alpha value is -3.06. The minimum absolute atomic E-state index is 0.757. The van der Waals surface area contributed by atoms with Gasteiger partial charge in [0.2, 0.25) is 0 Å². The van der Waals surface area contributed by atoms with Crippen LogP contribution in [0.1, 0.15) is 5.56 Å². The van der Waals surface area contributed by atoms with Crippen LogP contribution in [0.3, 0.4) is 0 Å². The Morgan fingerprint density at radius 1 is 0.760 bits per heavy atom. The summed E-state index contributed by atoms with van der Waals surface area (Å²) in [5, 5.41) is 7.76. The first-order valence-corrected chi connectivity index (χ1v) is 8.57. The molecule has 0 aliphatic heterocycles. The fourth-order valence-corrected chi connectivity index (χ4v) is 3.76. The standard InChI is InChI=1S/C24H21N/c1-4-15-25(16-5-2)17(3)21-13-11-20-10-9-18-7-6-8-19-12-14-22(21)24(20)23(18)19/h4-14H,1-3,15-16H2. The van der Waals surface area contributed by atoms with Gasteiger partial charge in [0.25, 0.3) is 0 Å². The quantitative estimate of drug-likeness (QED) is 0.300. The first-order valence-electron chi connectivity index (χ1n) is 8.57. The summed E-state index contributed by atoms with van der Waals surface area (Å²) in [5.41, 5.74) is 2.19. The molecule has 0 amide bonds. The molecule has 0 aliphatic carbocycles. The first kappa shape index (κ1) is 15.5. The molecule has 0 radical (unpaired) electrons. The van der Waals surface area contributed by atoms with Crippen LogP contribution < -0.4 is 0 Å². The van der Waals surface area contributed by atoms with Gasteiger partial charge in [-0.1, -0.05) is 73.3 Å². The summed E-state index contributed by atoms with van der Waals surface area (Å²) in [4.78, 5) is 2.20. The molecule has 0 saturated carbocycles. The van der Waals surface area contributed by atoms with Crippen LogP contribution in [0.25, 0.3) is 38.0 Å². The van der Waals surface area contributed by atoms with E-state index in [4.69, 9.17) is 0 Å². The highest BCUT2D eigenvalue weighted by Crippen LogP contribution is 2.37. The van der Waals surface area contributed by atoms with Gasteiger partial charge >= 0.3 is 0 Å². The highest BCUT2D eigenvalue weighted by molar-refractivity contribution is 6.24. The van der Waals surface area contributed by atoms with Gasteiger partial charge < -0.3 is 4.90 Å². The monoisotopic (exact) mass is 323 g/mol. The van der Waals surface area contributed by atoms with Crippen molar-refractivity contribution in [3.63, 3.8) is 0 Å². The molecule has 0 atom stereocenters. The van der Waals surface area contributed by atoms with Crippen LogP contribution in [-0.2, 0) is 0 Å². The van der Waals surface area contributed by atoms with E-state index in [-0.39, 0.29) is 0 Å². The Morgan fingerprint density at radius 2 is 1.32 bits per heavy atom. The second kappa shape index (κ2) is 6.10. The van der Waals surface area contributed by atoms with Crippen LogP contribution in [0.15, 0.2) is 86.5 Å². The molecule has 0 spiro atoms. The zero-order valence-electron chi connectivity index (χ0n) is 14.3. The van der Waals surface area contributed by atoms with Crippen LogP contribution in [0.2, 0.25) is 0 Å². The molecule has 25 heavy (non-hydrogen) atoms. The number of benzene rings is 4. The Balaban J connectivity index is 2.00. The summed E-state index contributed by atoms with van der Waals surface area (Å²) < 4.78 is 0. The van der Waals surface area contributed by atoms with E-state index in [1.807, 2.05) is 12.2 Å². The van der Waals surface area contributed by atoms with Crippen molar-refractivity contribution in [2.24, 2.45) is 0 Å². The maximum atomic E-state index is 4.38. The molecule has 0 heterocycles. The van der Waals surface area contributed by atoms with Gasteiger partial charge in [0.15, 0.2) is 0 Å². The van der Waals surface area contributed by atoms with Crippen LogP contribution >= 0.6 is 0 Å². The Kier molecular flexibility index (Phi) is 3.77. The topological polar surface area (TPSA) is 3.24 Å². The van der Waals surface area contributed by atoms with Gasteiger partial charge in [0.05, 0.1) is 0 Å². The van der Waals surface area contributed by atoms with E-state index in [9.17, 15) is 0 Å². The molecule has 122 valence electrons. The number of nitrogens with zero attached hydrogens (tertiary/aromatic N) is 1. The normalized spacial score (nSPS) is 11.2. The lowest BCUT2D eigenvalue weighted by atomic mass is 9.91. The molecule has 4 rings (SSSR count). The van der Waals surface area contributed by atoms with Crippen molar-refractivity contribution >= 4 is 38.0 Å². The molecule has 1 heteroatoms. The van der Waals surface area contributed by atoms with Crippen molar-refractivity contribution < 1.29 is 0 Å². The van der Waals surface area contributed by atoms with E-state index in [0.29, 0.717) is 0 Å². The SMILES string of the molecule is C=CCN(CC=C)C(=C)c1ccc2ccc3cccc4ccc1c2c34. The van der Waals surface area contributed by atoms with Crippen LogP contribution in [0, 0.1) is 0 Å². The zero-order chi connectivity index (χ0) is 17.4. The highest BCUT2D eigenvalue weighted by atomic mass is 15.1. The van der Waals surface area contributed by atoms with Crippen LogP contribution in [-0.4, -0.2) is 18.0 Å². The number of rotatable bonds is 6. The minimum atomic E-state index is 0.757. The summed E-state index contributed by atoms with van der Waals surface area (Å²) in [6.45, 7) is 13.6. The van der Waals surface area contributed by atoms with E-state index >= 15 is 0 Å². The Labute approximate surface area is 148 Å². The average Bonchev–Trinajstić information content (AvgIpc) is 2.65. The first-order chi connectivity index (χ1) is 12.2. The lowest BCUT2D eigenvalue weighted by Crippen LogP contribution is -2.21. The average molecular weight is 323 g/mol. The molecule has 0 aliphatic rings. The summed E-state index contributed by atoms with van der Waals surface area (Å²) in [5.74, 6) is 0. The van der Waals surface area contributed by atoms with Crippen molar-refractivity contribution in [2.75, 3.05) is 13.1 Å². The maximum absolute atomic E-state index is 4.38. The number of hydrogen-bond donors (Lipinski definition) is 0. The largest absolute Gasteiger partial charge is 0.364 e. The molecule has 1 nitrogen and oxygen atoms in total. The van der Waals surface area contributed by atoms with Gasteiger partial charge in [0.1, 0.15) is 0 Å². The molecule has 0 saturated heterocycles. The lowest BCUT2D eigenvalue weighted by molar-refractivity contribution is 0.489. The summed E-state index contributed by atoms with van der Waals surface area (Å²) in [7, 11) is 0. The van der Waals surface area contributed by atoms with E-state index in [2.05, 4.69) is 79.2 Å². The molecule has 0 aromatic heterocycles. The lowest BCUT2D eigenvalue weighted by Gasteiger charge is -2.25. The van der Waals surface area contributed by atoms with E-state index < -0.39 is 0 Å². The van der Waals surface area contributed by atoms with Gasteiger partial charge in [-0.2, -0.15) is 0 Å². The molecule has 4 aromatic rings. The second-order valence-corrected chi connectivity index (χ2v) is 6.40.